The Morgan fingerprint density at radius 3 is 2.63 bits per heavy atom. The molecule has 1 aromatic heterocycles. The Hall–Kier alpha value is -2.57. The van der Waals surface area contributed by atoms with Crippen LogP contribution in [0, 0.1) is 0 Å². The van der Waals surface area contributed by atoms with Gasteiger partial charge in [-0.2, -0.15) is 0 Å². The number of piperidine rings is 1. The van der Waals surface area contributed by atoms with Crippen LogP contribution in [0.15, 0.2) is 42.5 Å². The number of nitrogens with one attached hydrogen (secondary N) is 1. The summed E-state index contributed by atoms with van der Waals surface area (Å²) in [6, 6.07) is 12.8. The Bertz CT molecular complexity index is 1010. The van der Waals surface area contributed by atoms with E-state index in [0.29, 0.717) is 10.8 Å². The van der Waals surface area contributed by atoms with E-state index in [1.165, 1.54) is 19.3 Å². The lowest BCUT2D eigenvalue weighted by Crippen LogP contribution is -2.30. The molecule has 7 heteroatoms. The van der Waals surface area contributed by atoms with E-state index in [4.69, 9.17) is 21.3 Å². The molecule has 1 aliphatic rings. The zero-order valence-electron chi connectivity index (χ0n) is 17.2. The van der Waals surface area contributed by atoms with Gasteiger partial charge in [-0.3, -0.25) is 9.69 Å². The fourth-order valence-electron chi connectivity index (χ4n) is 3.93. The molecule has 0 bridgehead atoms. The van der Waals surface area contributed by atoms with E-state index in [-0.39, 0.29) is 12.5 Å². The summed E-state index contributed by atoms with van der Waals surface area (Å²) in [5.74, 6) is 1.48. The van der Waals surface area contributed by atoms with Crippen LogP contribution in [0.5, 0.6) is 5.75 Å². The fraction of sp³-hybridized carbons (Fsp3) is 0.391. The number of anilines is 1. The number of carbonyl (C=O) groups is 1. The molecule has 3 aromatic rings. The van der Waals surface area contributed by atoms with Crippen LogP contribution in [0.2, 0.25) is 5.02 Å². The van der Waals surface area contributed by atoms with Crippen molar-refractivity contribution in [3.63, 3.8) is 0 Å². The Kier molecular flexibility index (Phi) is 6.55. The second-order valence-corrected chi connectivity index (χ2v) is 8.04. The van der Waals surface area contributed by atoms with Gasteiger partial charge in [0, 0.05) is 17.3 Å². The molecule has 158 valence electrons. The summed E-state index contributed by atoms with van der Waals surface area (Å²) in [6.07, 6.45) is 3.85. The zero-order chi connectivity index (χ0) is 20.9. The van der Waals surface area contributed by atoms with E-state index in [0.717, 1.165) is 48.7 Å². The van der Waals surface area contributed by atoms with E-state index in [9.17, 15) is 4.79 Å². The molecule has 2 aromatic carbocycles. The number of fused-ring (bicyclic) bond motifs is 1. The summed E-state index contributed by atoms with van der Waals surface area (Å²) in [4.78, 5) is 19.6. The van der Waals surface area contributed by atoms with Crippen LogP contribution in [0.4, 0.5) is 5.69 Å². The molecule has 1 amide bonds. The van der Waals surface area contributed by atoms with E-state index in [1.807, 2.05) is 18.2 Å². The first-order valence-electron chi connectivity index (χ1n) is 10.5. The molecule has 0 radical (unpaired) electrons. The molecule has 2 heterocycles. The van der Waals surface area contributed by atoms with Crippen molar-refractivity contribution >= 4 is 34.2 Å². The maximum Gasteiger partial charge on any atom is 0.262 e. The number of rotatable bonds is 7. The lowest BCUT2D eigenvalue weighted by atomic mass is 10.1. The Labute approximate surface area is 181 Å². The highest BCUT2D eigenvalue weighted by Gasteiger charge is 2.16. The maximum atomic E-state index is 12.3. The number of ether oxygens (including phenoxy) is 1. The number of aryl methyl sites for hydroxylation is 1. The van der Waals surface area contributed by atoms with Gasteiger partial charge >= 0.3 is 0 Å². The van der Waals surface area contributed by atoms with Gasteiger partial charge in [-0.25, -0.2) is 4.98 Å². The van der Waals surface area contributed by atoms with Gasteiger partial charge in [-0.15, -0.1) is 0 Å². The van der Waals surface area contributed by atoms with Gasteiger partial charge in [0.15, 0.2) is 6.61 Å². The van der Waals surface area contributed by atoms with Crippen molar-refractivity contribution in [2.75, 3.05) is 25.0 Å². The topological polar surface area (TPSA) is 59.4 Å². The minimum Gasteiger partial charge on any atom is -0.484 e. The van der Waals surface area contributed by atoms with Gasteiger partial charge in [0.05, 0.1) is 17.6 Å². The van der Waals surface area contributed by atoms with Crippen molar-refractivity contribution in [1.82, 2.24) is 14.5 Å². The largest absolute Gasteiger partial charge is 0.484 e. The third kappa shape index (κ3) is 4.94. The Balaban J connectivity index is 1.43. The smallest absolute Gasteiger partial charge is 0.262 e. The van der Waals surface area contributed by atoms with Gasteiger partial charge < -0.3 is 14.6 Å². The van der Waals surface area contributed by atoms with Crippen LogP contribution in [0.1, 0.15) is 32.0 Å². The summed E-state index contributed by atoms with van der Waals surface area (Å²) in [5.41, 5.74) is 2.72. The van der Waals surface area contributed by atoms with Crippen molar-refractivity contribution in [2.24, 2.45) is 0 Å². The third-order valence-corrected chi connectivity index (χ3v) is 5.68. The molecule has 1 aliphatic heterocycles. The van der Waals surface area contributed by atoms with Crippen LogP contribution in [0.25, 0.3) is 11.0 Å². The van der Waals surface area contributed by atoms with E-state index < -0.39 is 0 Å². The molecule has 0 atom stereocenters. The summed E-state index contributed by atoms with van der Waals surface area (Å²) >= 11 is 5.86. The highest BCUT2D eigenvalue weighted by atomic mass is 35.5. The van der Waals surface area contributed by atoms with E-state index in [1.54, 1.807) is 24.3 Å². The first kappa shape index (κ1) is 20.7. The molecule has 0 aliphatic carbocycles. The number of hydrogen-bond donors (Lipinski definition) is 1. The van der Waals surface area contributed by atoms with Gasteiger partial charge in [-0.05, 0) is 75.3 Å². The fourth-order valence-corrected chi connectivity index (χ4v) is 4.05. The molecular formula is C23H27ClN4O2. The highest BCUT2D eigenvalue weighted by Crippen LogP contribution is 2.23. The molecule has 30 heavy (non-hydrogen) atoms. The van der Waals surface area contributed by atoms with Crippen LogP contribution >= 0.6 is 11.6 Å². The lowest BCUT2D eigenvalue weighted by molar-refractivity contribution is -0.118. The van der Waals surface area contributed by atoms with E-state index >= 15 is 0 Å². The van der Waals surface area contributed by atoms with Crippen LogP contribution in [0.3, 0.4) is 0 Å². The Morgan fingerprint density at radius 2 is 1.90 bits per heavy atom. The first-order valence-corrected chi connectivity index (χ1v) is 10.9. The van der Waals surface area contributed by atoms with Crippen molar-refractivity contribution in [3.05, 3.63) is 53.3 Å². The van der Waals surface area contributed by atoms with Crippen LogP contribution in [-0.4, -0.2) is 40.1 Å². The average Bonchev–Trinajstić information content (AvgIpc) is 3.10. The average molecular weight is 427 g/mol. The summed E-state index contributed by atoms with van der Waals surface area (Å²) in [6.45, 7) is 6.11. The minimum absolute atomic E-state index is 0.0662. The third-order valence-electron chi connectivity index (χ3n) is 5.42. The number of halogens is 1. The molecular weight excluding hydrogens is 400 g/mol. The number of aromatic nitrogens is 2. The lowest BCUT2D eigenvalue weighted by Gasteiger charge is -2.26. The quantitative estimate of drug-likeness (QED) is 0.594. The Morgan fingerprint density at radius 1 is 1.13 bits per heavy atom. The van der Waals surface area contributed by atoms with Crippen molar-refractivity contribution < 1.29 is 9.53 Å². The highest BCUT2D eigenvalue weighted by molar-refractivity contribution is 6.30. The summed E-state index contributed by atoms with van der Waals surface area (Å²) < 4.78 is 7.77. The summed E-state index contributed by atoms with van der Waals surface area (Å²) in [5, 5.41) is 3.52. The van der Waals surface area contributed by atoms with E-state index in [2.05, 4.69) is 21.7 Å². The molecule has 0 saturated carbocycles. The number of carbonyl (C=O) groups excluding carboxylic acids is 1. The summed E-state index contributed by atoms with van der Waals surface area (Å²) in [7, 11) is 0. The zero-order valence-corrected chi connectivity index (χ0v) is 18.0. The van der Waals surface area contributed by atoms with Crippen molar-refractivity contribution in [1.29, 1.82) is 0 Å². The molecule has 1 N–H and O–H groups in total. The SMILES string of the molecule is CCn1c(CN2CCCCC2)nc2cc(NC(=O)COc3ccc(Cl)cc3)ccc21. The van der Waals surface area contributed by atoms with Crippen molar-refractivity contribution in [2.45, 2.75) is 39.3 Å². The van der Waals surface area contributed by atoms with Gasteiger partial charge in [0.25, 0.3) is 5.91 Å². The molecule has 0 spiro atoms. The number of benzene rings is 2. The predicted molar refractivity (Wildman–Crippen MR) is 120 cm³/mol. The standard InChI is InChI=1S/C23H27ClN4O2/c1-2-28-21-11-8-18(25-23(29)16-30-19-9-6-17(24)7-10-19)14-20(21)26-22(28)15-27-12-4-3-5-13-27/h6-11,14H,2-5,12-13,15-16H2,1H3,(H,25,29). The second-order valence-electron chi connectivity index (χ2n) is 7.60. The molecule has 4 rings (SSSR count). The minimum atomic E-state index is -0.215. The molecule has 0 unspecified atom stereocenters. The van der Waals surface area contributed by atoms with Crippen LogP contribution in [-0.2, 0) is 17.9 Å². The monoisotopic (exact) mass is 426 g/mol. The number of amides is 1. The van der Waals surface area contributed by atoms with Crippen molar-refractivity contribution in [3.8, 4) is 5.75 Å². The maximum absolute atomic E-state index is 12.3. The number of imidazole rings is 1. The number of nitrogens with zero attached hydrogens (tertiary/aromatic N) is 3. The molecule has 1 saturated heterocycles. The van der Waals surface area contributed by atoms with Gasteiger partial charge in [0.2, 0.25) is 0 Å². The molecule has 6 nitrogen and oxygen atoms in total. The predicted octanol–water partition coefficient (Wildman–Crippen LogP) is 4.71. The second kappa shape index (κ2) is 9.49. The normalized spacial score (nSPS) is 14.7. The van der Waals surface area contributed by atoms with Crippen LogP contribution < -0.4 is 10.1 Å². The molecule has 1 fully saturated rings. The number of likely N-dealkylation sites (tertiary alicyclic amines) is 1. The number of hydrogen-bond acceptors (Lipinski definition) is 4. The van der Waals surface area contributed by atoms with Gasteiger partial charge in [-0.1, -0.05) is 18.0 Å². The van der Waals surface area contributed by atoms with Gasteiger partial charge in [0.1, 0.15) is 11.6 Å². The first-order chi connectivity index (χ1) is 14.6.